The van der Waals surface area contributed by atoms with Gasteiger partial charge in [-0.2, -0.15) is 0 Å². The van der Waals surface area contributed by atoms with E-state index in [9.17, 15) is 9.90 Å². The van der Waals surface area contributed by atoms with Crippen molar-refractivity contribution in [3.8, 4) is 5.75 Å². The highest BCUT2D eigenvalue weighted by Crippen LogP contribution is 2.33. The maximum absolute atomic E-state index is 12.4. The summed E-state index contributed by atoms with van der Waals surface area (Å²) in [7, 11) is 0. The molecule has 1 unspecified atom stereocenters. The minimum absolute atomic E-state index is 0.0379. The molecule has 1 N–H and O–H groups in total. The lowest BCUT2D eigenvalue weighted by atomic mass is 10.0. The van der Waals surface area contributed by atoms with Crippen molar-refractivity contribution in [1.82, 2.24) is 14.3 Å². The maximum Gasteiger partial charge on any atom is 0.258 e. The molecule has 5 nitrogen and oxygen atoms in total. The van der Waals surface area contributed by atoms with E-state index >= 15 is 0 Å². The van der Waals surface area contributed by atoms with E-state index in [0.29, 0.717) is 18.2 Å². The summed E-state index contributed by atoms with van der Waals surface area (Å²) in [4.78, 5) is 19.4. The highest BCUT2D eigenvalue weighted by atomic mass is 16.3. The lowest BCUT2D eigenvalue weighted by Gasteiger charge is -2.24. The molecule has 0 saturated carbocycles. The van der Waals surface area contributed by atoms with Crippen LogP contribution in [0.1, 0.15) is 35.7 Å². The molecule has 0 radical (unpaired) electrons. The smallest absolute Gasteiger partial charge is 0.258 e. The molecule has 1 aliphatic heterocycles. The van der Waals surface area contributed by atoms with Gasteiger partial charge in [0.2, 0.25) is 0 Å². The van der Waals surface area contributed by atoms with E-state index in [4.69, 9.17) is 0 Å². The summed E-state index contributed by atoms with van der Waals surface area (Å²) in [5.74, 6) is 0.285. The Bertz CT molecular complexity index is 963. The van der Waals surface area contributed by atoms with E-state index in [-0.39, 0.29) is 11.3 Å². The molecular weight excluding hydrogens is 314 g/mol. The number of fused-ring (bicyclic) bond motifs is 1. The number of pyridine rings is 1. The molecular formula is C20H21N3O2. The highest BCUT2D eigenvalue weighted by molar-refractivity contribution is 5.40. The molecule has 25 heavy (non-hydrogen) atoms. The van der Waals surface area contributed by atoms with Crippen LogP contribution < -0.4 is 5.56 Å². The number of aryl methyl sites for hydroxylation is 1. The fourth-order valence-electron chi connectivity index (χ4n) is 3.64. The standard InChI is InChI=1S/C20H21N3O2/c1-14-4-9-19-21-16(11-20(25)23(19)12-14)13-22-10-2-3-18(22)15-5-7-17(24)8-6-15/h4-9,11-12,18,24H,2-3,10,13H2,1H3. The first-order valence-corrected chi connectivity index (χ1v) is 8.62. The molecule has 1 aromatic carbocycles. The van der Waals surface area contributed by atoms with E-state index in [2.05, 4.69) is 9.88 Å². The third-order valence-corrected chi connectivity index (χ3v) is 4.87. The van der Waals surface area contributed by atoms with Crippen molar-refractivity contribution in [3.05, 3.63) is 75.8 Å². The minimum Gasteiger partial charge on any atom is -0.508 e. The number of benzene rings is 1. The molecule has 3 aromatic rings. The summed E-state index contributed by atoms with van der Waals surface area (Å²) >= 11 is 0. The van der Waals surface area contributed by atoms with Crippen molar-refractivity contribution in [2.75, 3.05) is 6.54 Å². The van der Waals surface area contributed by atoms with Gasteiger partial charge in [0.25, 0.3) is 5.56 Å². The van der Waals surface area contributed by atoms with Gasteiger partial charge in [-0.25, -0.2) is 4.98 Å². The second kappa shape index (κ2) is 6.33. The van der Waals surface area contributed by atoms with Crippen molar-refractivity contribution in [2.45, 2.75) is 32.4 Å². The summed E-state index contributed by atoms with van der Waals surface area (Å²) in [6.45, 7) is 3.61. The van der Waals surface area contributed by atoms with Crippen LogP contribution in [0.4, 0.5) is 0 Å². The lowest BCUT2D eigenvalue weighted by molar-refractivity contribution is 0.245. The van der Waals surface area contributed by atoms with Gasteiger partial charge in [0.15, 0.2) is 0 Å². The zero-order chi connectivity index (χ0) is 17.4. The minimum atomic E-state index is -0.0379. The predicted molar refractivity (Wildman–Crippen MR) is 96.7 cm³/mol. The van der Waals surface area contributed by atoms with Gasteiger partial charge in [0, 0.05) is 24.8 Å². The van der Waals surface area contributed by atoms with Crippen LogP contribution in [0, 0.1) is 6.92 Å². The molecule has 1 fully saturated rings. The van der Waals surface area contributed by atoms with Crippen molar-refractivity contribution in [3.63, 3.8) is 0 Å². The number of hydrogen-bond acceptors (Lipinski definition) is 4. The molecule has 1 aliphatic rings. The average Bonchev–Trinajstić information content (AvgIpc) is 3.04. The summed E-state index contributed by atoms with van der Waals surface area (Å²) < 4.78 is 1.60. The van der Waals surface area contributed by atoms with Crippen LogP contribution in [0.5, 0.6) is 5.75 Å². The Balaban J connectivity index is 1.62. The number of aromatic hydroxyl groups is 1. The number of rotatable bonds is 3. The van der Waals surface area contributed by atoms with Crippen LogP contribution in [-0.4, -0.2) is 25.9 Å². The molecule has 3 heterocycles. The van der Waals surface area contributed by atoms with Crippen molar-refractivity contribution < 1.29 is 5.11 Å². The number of aromatic nitrogens is 2. The van der Waals surface area contributed by atoms with Gasteiger partial charge in [-0.1, -0.05) is 18.2 Å². The summed E-state index contributed by atoms with van der Waals surface area (Å²) in [6, 6.07) is 13.2. The Kier molecular flexibility index (Phi) is 4.01. The zero-order valence-electron chi connectivity index (χ0n) is 14.2. The number of hydrogen-bond donors (Lipinski definition) is 1. The zero-order valence-corrected chi connectivity index (χ0v) is 14.2. The van der Waals surface area contributed by atoms with Gasteiger partial charge in [0.1, 0.15) is 11.4 Å². The lowest BCUT2D eigenvalue weighted by Crippen LogP contribution is -2.25. The number of phenolic OH excluding ortho intramolecular Hbond substituents is 1. The van der Waals surface area contributed by atoms with Gasteiger partial charge >= 0.3 is 0 Å². The first-order valence-electron chi connectivity index (χ1n) is 8.62. The molecule has 2 aromatic heterocycles. The van der Waals surface area contributed by atoms with Crippen molar-refractivity contribution in [1.29, 1.82) is 0 Å². The second-order valence-corrected chi connectivity index (χ2v) is 6.74. The monoisotopic (exact) mass is 335 g/mol. The Hall–Kier alpha value is -2.66. The number of likely N-dealkylation sites (tertiary alicyclic amines) is 1. The quantitative estimate of drug-likeness (QED) is 0.799. The van der Waals surface area contributed by atoms with Crippen LogP contribution in [0.3, 0.4) is 0 Å². The van der Waals surface area contributed by atoms with Crippen LogP contribution in [0.2, 0.25) is 0 Å². The Morgan fingerprint density at radius 1 is 1.20 bits per heavy atom. The van der Waals surface area contributed by atoms with Gasteiger partial charge in [-0.05, 0) is 55.6 Å². The fraction of sp³-hybridized carbons (Fsp3) is 0.300. The molecule has 0 bridgehead atoms. The molecule has 0 aliphatic carbocycles. The van der Waals surface area contributed by atoms with Crippen LogP contribution in [0.15, 0.2) is 53.5 Å². The molecule has 128 valence electrons. The van der Waals surface area contributed by atoms with Gasteiger partial charge in [-0.15, -0.1) is 0 Å². The Morgan fingerprint density at radius 3 is 2.80 bits per heavy atom. The average molecular weight is 335 g/mol. The largest absolute Gasteiger partial charge is 0.508 e. The first kappa shape index (κ1) is 15.8. The molecule has 4 rings (SSSR count). The molecule has 0 spiro atoms. The van der Waals surface area contributed by atoms with E-state index < -0.39 is 0 Å². The topological polar surface area (TPSA) is 57.8 Å². The molecule has 1 saturated heterocycles. The summed E-state index contributed by atoms with van der Waals surface area (Å²) in [6.07, 6.45) is 4.03. The first-order chi connectivity index (χ1) is 12.1. The summed E-state index contributed by atoms with van der Waals surface area (Å²) in [5, 5.41) is 9.49. The number of phenols is 1. The van der Waals surface area contributed by atoms with E-state index in [0.717, 1.165) is 30.6 Å². The Morgan fingerprint density at radius 2 is 2.00 bits per heavy atom. The van der Waals surface area contributed by atoms with Crippen LogP contribution in [0.25, 0.3) is 5.65 Å². The maximum atomic E-state index is 12.4. The van der Waals surface area contributed by atoms with Crippen molar-refractivity contribution >= 4 is 5.65 Å². The van der Waals surface area contributed by atoms with Crippen LogP contribution in [-0.2, 0) is 6.54 Å². The van der Waals surface area contributed by atoms with Crippen molar-refractivity contribution in [2.24, 2.45) is 0 Å². The van der Waals surface area contributed by atoms with E-state index in [1.165, 1.54) is 5.56 Å². The third kappa shape index (κ3) is 3.15. The van der Waals surface area contributed by atoms with E-state index in [1.807, 2.05) is 37.4 Å². The summed E-state index contributed by atoms with van der Waals surface area (Å²) in [5.41, 5.74) is 3.69. The second-order valence-electron chi connectivity index (χ2n) is 6.74. The Labute approximate surface area is 146 Å². The SMILES string of the molecule is Cc1ccc2nc(CN3CCCC3c3ccc(O)cc3)cc(=O)n2c1. The predicted octanol–water partition coefficient (Wildman–Crippen LogP) is 3.05. The van der Waals surface area contributed by atoms with Crippen LogP contribution >= 0.6 is 0 Å². The molecule has 5 heteroatoms. The fourth-order valence-corrected chi connectivity index (χ4v) is 3.64. The van der Waals surface area contributed by atoms with Gasteiger partial charge in [-0.3, -0.25) is 14.1 Å². The van der Waals surface area contributed by atoms with Gasteiger partial charge in [0.05, 0.1) is 5.69 Å². The molecule has 1 atom stereocenters. The third-order valence-electron chi connectivity index (χ3n) is 4.87. The van der Waals surface area contributed by atoms with Gasteiger partial charge < -0.3 is 5.11 Å². The highest BCUT2D eigenvalue weighted by Gasteiger charge is 2.26. The number of nitrogens with zero attached hydrogens (tertiary/aromatic N) is 3. The normalized spacial score (nSPS) is 18.0. The van der Waals surface area contributed by atoms with E-state index in [1.54, 1.807) is 22.6 Å². The molecule has 0 amide bonds.